The summed E-state index contributed by atoms with van der Waals surface area (Å²) in [4.78, 5) is 4.41. The predicted molar refractivity (Wildman–Crippen MR) is 71.1 cm³/mol. The third-order valence-electron chi connectivity index (χ3n) is 4.13. The lowest BCUT2D eigenvalue weighted by Crippen LogP contribution is -2.15. The molecule has 0 saturated carbocycles. The number of nitrogen functional groups attached to an aromatic ring is 1. The van der Waals surface area contributed by atoms with Crippen LogP contribution in [0.15, 0.2) is 22.7 Å². The molecule has 0 radical (unpaired) electrons. The molecule has 3 atom stereocenters. The number of nitrogens with two attached hydrogens (primary N) is 1. The van der Waals surface area contributed by atoms with E-state index in [1.165, 1.54) is 6.07 Å². The van der Waals surface area contributed by atoms with E-state index in [0.29, 0.717) is 29.1 Å². The molecule has 1 aromatic heterocycles. The Hall–Kier alpha value is -2.08. The highest BCUT2D eigenvalue weighted by molar-refractivity contribution is 5.66. The molecule has 2 saturated heterocycles. The zero-order chi connectivity index (χ0) is 13.7. The lowest BCUT2D eigenvalue weighted by Gasteiger charge is -2.13. The van der Waals surface area contributed by atoms with Crippen LogP contribution in [-0.2, 0) is 4.74 Å². The van der Waals surface area contributed by atoms with Crippen LogP contribution in [0.4, 0.5) is 5.69 Å². The van der Waals surface area contributed by atoms with E-state index < -0.39 is 0 Å². The fourth-order valence-corrected chi connectivity index (χ4v) is 3.13. The number of nitrogens with zero attached hydrogens (tertiary/aromatic N) is 2. The molecule has 0 aliphatic carbocycles. The predicted octanol–water partition coefficient (Wildman–Crippen LogP) is 2.06. The number of aromatic hydroxyl groups is 1. The highest BCUT2D eigenvalue weighted by Gasteiger charge is 2.43. The van der Waals surface area contributed by atoms with E-state index in [4.69, 9.17) is 15.0 Å². The molecule has 0 spiro atoms. The molecule has 3 N–H and O–H groups in total. The molecule has 3 heterocycles. The van der Waals surface area contributed by atoms with E-state index in [0.717, 1.165) is 19.3 Å². The monoisotopic (exact) mass is 273 g/mol. The summed E-state index contributed by atoms with van der Waals surface area (Å²) >= 11 is 0. The van der Waals surface area contributed by atoms with E-state index in [1.54, 1.807) is 12.1 Å². The van der Waals surface area contributed by atoms with Crippen LogP contribution in [0.5, 0.6) is 5.75 Å². The number of fused-ring (bicyclic) bond motifs is 2. The summed E-state index contributed by atoms with van der Waals surface area (Å²) in [6.45, 7) is 0. The second-order valence-electron chi connectivity index (χ2n) is 5.45. The Morgan fingerprint density at radius 1 is 1.30 bits per heavy atom. The van der Waals surface area contributed by atoms with Gasteiger partial charge in [-0.05, 0) is 31.4 Å². The van der Waals surface area contributed by atoms with Gasteiger partial charge in [0.1, 0.15) is 5.75 Å². The third-order valence-corrected chi connectivity index (χ3v) is 4.13. The summed E-state index contributed by atoms with van der Waals surface area (Å²) in [5.41, 5.74) is 6.60. The quantitative estimate of drug-likeness (QED) is 0.813. The Kier molecular flexibility index (Phi) is 2.47. The van der Waals surface area contributed by atoms with Crippen LogP contribution in [-0.4, -0.2) is 27.5 Å². The van der Waals surface area contributed by atoms with Crippen LogP contribution in [0.25, 0.3) is 11.5 Å². The number of benzene rings is 1. The molecule has 1 aromatic carbocycles. The molecule has 2 aliphatic rings. The smallest absolute Gasteiger partial charge is 0.261 e. The number of phenols is 1. The average molecular weight is 273 g/mol. The fourth-order valence-electron chi connectivity index (χ4n) is 3.13. The minimum absolute atomic E-state index is 0.0457. The normalized spacial score (nSPS) is 28.1. The van der Waals surface area contributed by atoms with E-state index in [-0.39, 0.29) is 17.8 Å². The van der Waals surface area contributed by atoms with Gasteiger partial charge in [0.25, 0.3) is 5.89 Å². The number of anilines is 1. The van der Waals surface area contributed by atoms with E-state index >= 15 is 0 Å². The first-order chi connectivity index (χ1) is 9.70. The van der Waals surface area contributed by atoms with Gasteiger partial charge in [-0.15, -0.1) is 0 Å². The second-order valence-corrected chi connectivity index (χ2v) is 5.45. The molecule has 0 amide bonds. The van der Waals surface area contributed by atoms with Crippen molar-refractivity contribution in [3.63, 3.8) is 0 Å². The van der Waals surface area contributed by atoms with Gasteiger partial charge in [0, 0.05) is 11.8 Å². The average Bonchev–Trinajstić information content (AvgIpc) is 3.14. The summed E-state index contributed by atoms with van der Waals surface area (Å²) in [5, 5.41) is 13.9. The largest absolute Gasteiger partial charge is 0.507 e. The summed E-state index contributed by atoms with van der Waals surface area (Å²) in [5.74, 6) is 1.25. The van der Waals surface area contributed by atoms with Crippen molar-refractivity contribution >= 4 is 5.69 Å². The van der Waals surface area contributed by atoms with Crippen LogP contribution in [0.1, 0.15) is 31.0 Å². The molecule has 4 rings (SSSR count). The molecule has 2 bridgehead atoms. The van der Waals surface area contributed by atoms with Gasteiger partial charge in [-0.1, -0.05) is 5.16 Å². The maximum absolute atomic E-state index is 9.89. The van der Waals surface area contributed by atoms with E-state index in [2.05, 4.69) is 10.1 Å². The number of aromatic nitrogens is 2. The van der Waals surface area contributed by atoms with Gasteiger partial charge < -0.3 is 20.1 Å². The van der Waals surface area contributed by atoms with Crippen molar-refractivity contribution < 1.29 is 14.4 Å². The van der Waals surface area contributed by atoms with Crippen LogP contribution >= 0.6 is 0 Å². The molecule has 6 heteroatoms. The van der Waals surface area contributed by atoms with Crippen molar-refractivity contribution in [1.29, 1.82) is 0 Å². The van der Waals surface area contributed by atoms with Gasteiger partial charge in [-0.25, -0.2) is 0 Å². The summed E-state index contributed by atoms with van der Waals surface area (Å²) in [6, 6.07) is 4.85. The highest BCUT2D eigenvalue weighted by atomic mass is 16.5. The maximum Gasteiger partial charge on any atom is 0.261 e. The van der Waals surface area contributed by atoms with Crippen LogP contribution in [0.3, 0.4) is 0 Å². The van der Waals surface area contributed by atoms with Gasteiger partial charge in [0.05, 0.1) is 23.7 Å². The van der Waals surface area contributed by atoms with Gasteiger partial charge >= 0.3 is 0 Å². The Labute approximate surface area is 115 Å². The molecule has 3 unspecified atom stereocenters. The number of hydrogen-bond donors (Lipinski definition) is 2. The Morgan fingerprint density at radius 2 is 2.20 bits per heavy atom. The Bertz CT molecular complexity index is 655. The number of rotatable bonds is 2. The third kappa shape index (κ3) is 1.76. The molecule has 6 nitrogen and oxygen atoms in total. The van der Waals surface area contributed by atoms with Crippen molar-refractivity contribution in [2.24, 2.45) is 0 Å². The lowest BCUT2D eigenvalue weighted by atomic mass is 9.89. The van der Waals surface area contributed by atoms with E-state index in [9.17, 15) is 5.11 Å². The summed E-state index contributed by atoms with van der Waals surface area (Å²) in [6.07, 6.45) is 3.70. The maximum atomic E-state index is 9.89. The van der Waals surface area contributed by atoms with Crippen LogP contribution in [0.2, 0.25) is 0 Å². The number of ether oxygens (including phenoxy) is 1. The SMILES string of the molecule is Nc1ccc(-c2nc(C3CC4CCC3O4)no2)c(O)c1. The minimum Gasteiger partial charge on any atom is -0.507 e. The first-order valence-electron chi connectivity index (χ1n) is 6.78. The second kappa shape index (κ2) is 4.21. The fraction of sp³-hybridized carbons (Fsp3) is 0.429. The molecule has 2 fully saturated rings. The van der Waals surface area contributed by atoms with Crippen molar-refractivity contribution in [3.8, 4) is 17.2 Å². The first-order valence-corrected chi connectivity index (χ1v) is 6.78. The highest BCUT2D eigenvalue weighted by Crippen LogP contribution is 2.44. The lowest BCUT2D eigenvalue weighted by molar-refractivity contribution is 0.0996. The van der Waals surface area contributed by atoms with Crippen LogP contribution < -0.4 is 5.73 Å². The van der Waals surface area contributed by atoms with Crippen LogP contribution in [0, 0.1) is 0 Å². The molecular weight excluding hydrogens is 258 g/mol. The van der Waals surface area contributed by atoms with Crippen molar-refractivity contribution in [3.05, 3.63) is 24.0 Å². The summed E-state index contributed by atoms with van der Waals surface area (Å²) < 4.78 is 11.1. The van der Waals surface area contributed by atoms with Gasteiger partial charge in [-0.3, -0.25) is 0 Å². The zero-order valence-corrected chi connectivity index (χ0v) is 10.8. The van der Waals surface area contributed by atoms with Crippen molar-refractivity contribution in [2.75, 3.05) is 5.73 Å². The van der Waals surface area contributed by atoms with Crippen molar-refractivity contribution in [1.82, 2.24) is 10.1 Å². The topological polar surface area (TPSA) is 94.4 Å². The van der Waals surface area contributed by atoms with Gasteiger partial charge in [-0.2, -0.15) is 4.98 Å². The standard InChI is InChI=1S/C14H15N3O3/c15-7-1-3-9(11(18)5-7)14-16-13(17-20-14)10-6-8-2-4-12(10)19-8/h1,3,5,8,10,12,18H,2,4,6,15H2. The Morgan fingerprint density at radius 3 is 2.90 bits per heavy atom. The first kappa shape index (κ1) is 11.7. The van der Waals surface area contributed by atoms with Gasteiger partial charge in [0.2, 0.25) is 0 Å². The molecular formula is C14H15N3O3. The molecule has 2 aromatic rings. The molecule has 104 valence electrons. The molecule has 20 heavy (non-hydrogen) atoms. The Balaban J connectivity index is 1.65. The van der Waals surface area contributed by atoms with Crippen molar-refractivity contribution in [2.45, 2.75) is 37.4 Å². The minimum atomic E-state index is 0.0457. The van der Waals surface area contributed by atoms with E-state index in [1.807, 2.05) is 0 Å². The summed E-state index contributed by atoms with van der Waals surface area (Å²) in [7, 11) is 0. The number of phenolic OH excluding ortho intramolecular Hbond substituents is 1. The van der Waals surface area contributed by atoms with Gasteiger partial charge in [0.15, 0.2) is 5.82 Å². The number of hydrogen-bond acceptors (Lipinski definition) is 6. The zero-order valence-electron chi connectivity index (χ0n) is 10.8. The molecule has 2 aliphatic heterocycles.